The molecule has 0 atom stereocenters. The molecule has 90 valence electrons. The second kappa shape index (κ2) is 6.13. The van der Waals surface area contributed by atoms with E-state index in [1.807, 2.05) is 0 Å². The molecular formula is C11H14ClF2NO. The zero-order valence-electron chi connectivity index (χ0n) is 9.03. The first-order valence-corrected chi connectivity index (χ1v) is 5.33. The van der Waals surface area contributed by atoms with E-state index in [-0.39, 0.29) is 22.8 Å². The molecule has 1 aromatic carbocycles. The van der Waals surface area contributed by atoms with Gasteiger partial charge in [0.1, 0.15) is 0 Å². The molecule has 0 aliphatic heterocycles. The normalized spacial score (nSPS) is 10.8. The second-order valence-electron chi connectivity index (χ2n) is 3.45. The molecule has 2 nitrogen and oxygen atoms in total. The van der Waals surface area contributed by atoms with E-state index in [2.05, 4.69) is 0 Å². The number of hydrogen-bond donors (Lipinski definition) is 1. The number of hydrogen-bond acceptors (Lipinski definition) is 2. The van der Waals surface area contributed by atoms with Crippen molar-refractivity contribution in [2.75, 3.05) is 13.7 Å². The lowest BCUT2D eigenvalue weighted by atomic mass is 10.1. The number of halogens is 3. The maximum absolute atomic E-state index is 13.6. The van der Waals surface area contributed by atoms with E-state index in [0.29, 0.717) is 19.4 Å². The van der Waals surface area contributed by atoms with Crippen molar-refractivity contribution in [3.05, 3.63) is 33.9 Å². The quantitative estimate of drug-likeness (QED) is 0.815. The summed E-state index contributed by atoms with van der Waals surface area (Å²) in [6.07, 6.45) is 0.975. The number of nitrogens with two attached hydrogens (primary N) is 1. The first kappa shape index (κ1) is 13.4. The van der Waals surface area contributed by atoms with Gasteiger partial charge in [0.2, 0.25) is 0 Å². The molecule has 0 amide bonds. The van der Waals surface area contributed by atoms with Crippen LogP contribution >= 0.6 is 11.6 Å². The molecule has 0 aliphatic rings. The van der Waals surface area contributed by atoms with Crippen LogP contribution in [0.1, 0.15) is 17.5 Å². The van der Waals surface area contributed by atoms with Crippen molar-refractivity contribution in [2.45, 2.75) is 19.4 Å². The summed E-state index contributed by atoms with van der Waals surface area (Å²) in [5.74, 6) is -1.79. The van der Waals surface area contributed by atoms with Gasteiger partial charge in [-0.2, -0.15) is 0 Å². The number of benzene rings is 1. The molecule has 0 heterocycles. The van der Waals surface area contributed by atoms with Gasteiger partial charge in [0.15, 0.2) is 11.6 Å². The highest BCUT2D eigenvalue weighted by Crippen LogP contribution is 2.26. The molecule has 1 aromatic rings. The van der Waals surface area contributed by atoms with Crippen LogP contribution in [0.5, 0.6) is 0 Å². The summed E-state index contributed by atoms with van der Waals surface area (Å²) in [5.41, 5.74) is 5.62. The topological polar surface area (TPSA) is 35.2 Å². The van der Waals surface area contributed by atoms with E-state index in [1.54, 1.807) is 0 Å². The molecule has 5 heteroatoms. The predicted octanol–water partition coefficient (Wildman–Crippen LogP) is 2.66. The van der Waals surface area contributed by atoms with Gasteiger partial charge in [-0.25, -0.2) is 8.78 Å². The van der Waals surface area contributed by atoms with Crippen LogP contribution in [-0.4, -0.2) is 13.7 Å². The Kier molecular flexibility index (Phi) is 5.12. The van der Waals surface area contributed by atoms with Crippen molar-refractivity contribution in [3.8, 4) is 0 Å². The molecule has 16 heavy (non-hydrogen) atoms. The Bertz CT molecular complexity index is 371. The fourth-order valence-electron chi connectivity index (χ4n) is 1.43. The van der Waals surface area contributed by atoms with Crippen molar-refractivity contribution in [3.63, 3.8) is 0 Å². The molecule has 0 fully saturated rings. The van der Waals surface area contributed by atoms with Crippen molar-refractivity contribution < 1.29 is 13.5 Å². The number of rotatable bonds is 5. The van der Waals surface area contributed by atoms with E-state index in [9.17, 15) is 8.78 Å². The SMILES string of the molecule is COCc1c(Cl)cc(CCCN)c(F)c1F. The highest BCUT2D eigenvalue weighted by molar-refractivity contribution is 6.31. The van der Waals surface area contributed by atoms with Gasteiger partial charge in [-0.15, -0.1) is 0 Å². The minimum absolute atomic E-state index is 0.0429. The summed E-state index contributed by atoms with van der Waals surface area (Å²) < 4.78 is 31.9. The van der Waals surface area contributed by atoms with Gasteiger partial charge < -0.3 is 10.5 Å². The molecule has 0 aliphatic carbocycles. The summed E-state index contributed by atoms with van der Waals surface area (Å²) in [6, 6.07) is 1.43. The minimum Gasteiger partial charge on any atom is -0.380 e. The number of methoxy groups -OCH3 is 1. The largest absolute Gasteiger partial charge is 0.380 e. The van der Waals surface area contributed by atoms with E-state index < -0.39 is 11.6 Å². The maximum atomic E-state index is 13.6. The van der Waals surface area contributed by atoms with Gasteiger partial charge in [-0.1, -0.05) is 11.6 Å². The van der Waals surface area contributed by atoms with Gasteiger partial charge >= 0.3 is 0 Å². The fourth-order valence-corrected chi connectivity index (χ4v) is 1.70. The number of aryl methyl sites for hydroxylation is 1. The van der Waals surface area contributed by atoms with Crippen LogP contribution in [0.3, 0.4) is 0 Å². The molecule has 2 N–H and O–H groups in total. The Morgan fingerprint density at radius 1 is 1.38 bits per heavy atom. The lowest BCUT2D eigenvalue weighted by molar-refractivity contribution is 0.180. The van der Waals surface area contributed by atoms with Crippen molar-refractivity contribution in [1.82, 2.24) is 0 Å². The zero-order chi connectivity index (χ0) is 12.1. The Balaban J connectivity index is 3.06. The van der Waals surface area contributed by atoms with Gasteiger partial charge in [0.25, 0.3) is 0 Å². The average molecular weight is 250 g/mol. The van der Waals surface area contributed by atoms with E-state index in [0.717, 1.165) is 0 Å². The molecule has 1 rings (SSSR count). The molecular weight excluding hydrogens is 236 g/mol. The summed E-state index contributed by atoms with van der Waals surface area (Å²) in [7, 11) is 1.40. The van der Waals surface area contributed by atoms with Gasteiger partial charge in [0, 0.05) is 17.7 Å². The number of ether oxygens (including phenoxy) is 1. The molecule has 0 radical (unpaired) electrons. The summed E-state index contributed by atoms with van der Waals surface area (Å²) >= 11 is 5.85. The first-order chi connectivity index (χ1) is 7.61. The molecule has 0 unspecified atom stereocenters. The van der Waals surface area contributed by atoms with Crippen LogP contribution in [0.15, 0.2) is 6.07 Å². The van der Waals surface area contributed by atoms with Crippen molar-refractivity contribution in [2.24, 2.45) is 5.73 Å². The average Bonchev–Trinajstić information content (AvgIpc) is 2.27. The Hall–Kier alpha value is -0.710. The van der Waals surface area contributed by atoms with Gasteiger partial charge in [-0.3, -0.25) is 0 Å². The second-order valence-corrected chi connectivity index (χ2v) is 3.86. The lowest BCUT2D eigenvalue weighted by Gasteiger charge is -2.10. The Labute approximate surface area is 98.3 Å². The fraction of sp³-hybridized carbons (Fsp3) is 0.455. The maximum Gasteiger partial charge on any atom is 0.166 e. The van der Waals surface area contributed by atoms with Crippen LogP contribution in [-0.2, 0) is 17.8 Å². The summed E-state index contributed by atoms with van der Waals surface area (Å²) in [6.45, 7) is 0.386. The van der Waals surface area contributed by atoms with Crippen LogP contribution in [0, 0.1) is 11.6 Å². The zero-order valence-corrected chi connectivity index (χ0v) is 9.78. The van der Waals surface area contributed by atoms with Crippen LogP contribution in [0.25, 0.3) is 0 Å². The standard InChI is InChI=1S/C11H14ClF2NO/c1-16-6-8-9(12)5-7(3-2-4-15)10(13)11(8)14/h5H,2-4,6,15H2,1H3. The van der Waals surface area contributed by atoms with Gasteiger partial charge in [-0.05, 0) is 31.0 Å². The third-order valence-corrected chi connectivity index (χ3v) is 2.60. The minimum atomic E-state index is -0.929. The smallest absolute Gasteiger partial charge is 0.166 e. The van der Waals surface area contributed by atoms with Gasteiger partial charge in [0.05, 0.1) is 6.61 Å². The van der Waals surface area contributed by atoms with Crippen LogP contribution in [0.4, 0.5) is 8.78 Å². The molecule has 0 saturated heterocycles. The van der Waals surface area contributed by atoms with Crippen molar-refractivity contribution >= 4 is 11.6 Å². The van der Waals surface area contributed by atoms with E-state index in [4.69, 9.17) is 22.1 Å². The van der Waals surface area contributed by atoms with E-state index in [1.165, 1.54) is 13.2 Å². The Morgan fingerprint density at radius 3 is 2.62 bits per heavy atom. The summed E-state index contributed by atoms with van der Waals surface area (Å²) in [4.78, 5) is 0. The molecule has 0 bridgehead atoms. The third-order valence-electron chi connectivity index (χ3n) is 2.27. The van der Waals surface area contributed by atoms with E-state index >= 15 is 0 Å². The first-order valence-electron chi connectivity index (χ1n) is 4.96. The third kappa shape index (κ3) is 2.90. The van der Waals surface area contributed by atoms with Crippen molar-refractivity contribution in [1.29, 1.82) is 0 Å². The van der Waals surface area contributed by atoms with Crippen LogP contribution < -0.4 is 5.73 Å². The predicted molar refractivity (Wildman–Crippen MR) is 59.5 cm³/mol. The van der Waals surface area contributed by atoms with Crippen LogP contribution in [0.2, 0.25) is 5.02 Å². The molecule has 0 aromatic heterocycles. The summed E-state index contributed by atoms with van der Waals surface area (Å²) in [5, 5.41) is 0.188. The molecule has 0 spiro atoms. The highest BCUT2D eigenvalue weighted by Gasteiger charge is 2.16. The monoisotopic (exact) mass is 249 g/mol. The Morgan fingerprint density at radius 2 is 2.06 bits per heavy atom. The lowest BCUT2D eigenvalue weighted by Crippen LogP contribution is -2.05. The molecule has 0 saturated carbocycles. The highest BCUT2D eigenvalue weighted by atomic mass is 35.5.